The molecule has 3 heterocycles. The number of ether oxygens (including phenoxy) is 1. The number of pyridine rings is 1. The number of piperidine rings is 1. The zero-order valence-corrected chi connectivity index (χ0v) is 21.0. The van der Waals surface area contributed by atoms with E-state index < -0.39 is 5.60 Å². The zero-order chi connectivity index (χ0) is 24.3. The number of amides is 1. The van der Waals surface area contributed by atoms with Crippen LogP contribution in [0.1, 0.15) is 51.3 Å². The highest BCUT2D eigenvalue weighted by Gasteiger charge is 2.27. The number of carbonyl (C=O) groups excluding carboxylic acids is 1. The van der Waals surface area contributed by atoms with Gasteiger partial charge in [-0.2, -0.15) is 0 Å². The number of aryl methyl sites for hydroxylation is 1. The summed E-state index contributed by atoms with van der Waals surface area (Å²) in [5.41, 5.74) is 4.87. The van der Waals surface area contributed by atoms with Crippen LogP contribution in [0.25, 0.3) is 22.1 Å². The maximum absolute atomic E-state index is 12.3. The van der Waals surface area contributed by atoms with Crippen molar-refractivity contribution in [3.63, 3.8) is 0 Å². The third-order valence-corrected chi connectivity index (χ3v) is 6.34. The molecule has 4 rings (SSSR count). The van der Waals surface area contributed by atoms with E-state index in [1.54, 1.807) is 0 Å². The quantitative estimate of drug-likeness (QED) is 0.478. The van der Waals surface area contributed by atoms with Crippen LogP contribution in [0.4, 0.5) is 4.79 Å². The van der Waals surface area contributed by atoms with Crippen LogP contribution in [0, 0.1) is 5.92 Å². The summed E-state index contributed by atoms with van der Waals surface area (Å²) in [6.07, 6.45) is 7.34. The summed E-state index contributed by atoms with van der Waals surface area (Å²) in [4.78, 5) is 20.5. The van der Waals surface area contributed by atoms with Crippen LogP contribution >= 0.6 is 0 Å². The van der Waals surface area contributed by atoms with Gasteiger partial charge in [-0.05, 0) is 95.8 Å². The Bertz CT molecular complexity index is 1110. The molecule has 7 heteroatoms. The minimum Gasteiger partial charge on any atom is -0.444 e. The second kappa shape index (κ2) is 10.1. The maximum atomic E-state index is 12.3. The first-order chi connectivity index (χ1) is 16.2. The second-order valence-electron chi connectivity index (χ2n) is 10.5. The average molecular weight is 465 g/mol. The van der Waals surface area contributed by atoms with Gasteiger partial charge in [-0.3, -0.25) is 4.98 Å². The van der Waals surface area contributed by atoms with Gasteiger partial charge in [0.05, 0.1) is 5.69 Å². The standard InChI is InChI=1S/C27H36N4O3/c1-27(2,3)33-26(32)31-16-12-19(13-17-31)6-9-24-22-8-7-21(20-10-14-28-15-11-20)23(18-30(4)5)25(22)34-29-24/h7-8,10-11,14-15,19H,6,9,12-13,16-18H2,1-5H3. The Morgan fingerprint density at radius 3 is 2.50 bits per heavy atom. The summed E-state index contributed by atoms with van der Waals surface area (Å²) in [5.74, 6) is 0.572. The second-order valence-corrected chi connectivity index (χ2v) is 10.5. The summed E-state index contributed by atoms with van der Waals surface area (Å²) >= 11 is 0. The van der Waals surface area contributed by atoms with E-state index in [2.05, 4.69) is 41.3 Å². The van der Waals surface area contributed by atoms with Crippen LogP contribution in [0.5, 0.6) is 0 Å². The van der Waals surface area contributed by atoms with Gasteiger partial charge in [-0.1, -0.05) is 11.2 Å². The van der Waals surface area contributed by atoms with Crippen molar-refractivity contribution in [2.75, 3.05) is 27.2 Å². The molecule has 0 spiro atoms. The fourth-order valence-electron chi connectivity index (χ4n) is 4.64. The van der Waals surface area contributed by atoms with Crippen molar-refractivity contribution in [1.82, 2.24) is 19.9 Å². The Hall–Kier alpha value is -2.93. The van der Waals surface area contributed by atoms with Crippen LogP contribution in [0.3, 0.4) is 0 Å². The van der Waals surface area contributed by atoms with Crippen LogP contribution in [0.2, 0.25) is 0 Å². The molecule has 0 N–H and O–H groups in total. The predicted octanol–water partition coefficient (Wildman–Crippen LogP) is 5.53. The molecule has 0 unspecified atom stereocenters. The van der Waals surface area contributed by atoms with Gasteiger partial charge in [0.1, 0.15) is 5.60 Å². The maximum Gasteiger partial charge on any atom is 0.410 e. The normalized spacial score (nSPS) is 15.3. The van der Waals surface area contributed by atoms with Crippen molar-refractivity contribution >= 4 is 17.1 Å². The van der Waals surface area contributed by atoms with Crippen LogP contribution in [0.15, 0.2) is 41.2 Å². The molecule has 1 aliphatic heterocycles. The molecule has 1 saturated heterocycles. The highest BCUT2D eigenvalue weighted by molar-refractivity contribution is 5.89. The molecular formula is C27H36N4O3. The van der Waals surface area contributed by atoms with Gasteiger partial charge in [0, 0.05) is 43.0 Å². The van der Waals surface area contributed by atoms with Gasteiger partial charge < -0.3 is 19.1 Å². The monoisotopic (exact) mass is 464 g/mol. The molecule has 1 aliphatic rings. The first-order valence-electron chi connectivity index (χ1n) is 12.1. The smallest absolute Gasteiger partial charge is 0.410 e. The van der Waals surface area contributed by atoms with E-state index in [1.807, 2.05) is 50.2 Å². The lowest BCUT2D eigenvalue weighted by Crippen LogP contribution is -2.41. The third kappa shape index (κ3) is 5.76. The van der Waals surface area contributed by atoms with Crippen molar-refractivity contribution < 1.29 is 14.1 Å². The fraction of sp³-hybridized carbons (Fsp3) is 0.519. The van der Waals surface area contributed by atoms with E-state index >= 15 is 0 Å². The van der Waals surface area contributed by atoms with Crippen LogP contribution in [-0.4, -0.2) is 58.8 Å². The van der Waals surface area contributed by atoms with E-state index in [-0.39, 0.29) is 6.09 Å². The van der Waals surface area contributed by atoms with Crippen LogP contribution in [-0.2, 0) is 17.7 Å². The van der Waals surface area contributed by atoms with Crippen molar-refractivity contribution in [2.24, 2.45) is 5.92 Å². The molecule has 7 nitrogen and oxygen atoms in total. The molecule has 1 amide bonds. The summed E-state index contributed by atoms with van der Waals surface area (Å²) < 4.78 is 11.4. The predicted molar refractivity (Wildman–Crippen MR) is 133 cm³/mol. The molecule has 182 valence electrons. The van der Waals surface area contributed by atoms with Gasteiger partial charge in [0.15, 0.2) is 5.58 Å². The fourth-order valence-corrected chi connectivity index (χ4v) is 4.64. The van der Waals surface area contributed by atoms with Crippen molar-refractivity contribution in [1.29, 1.82) is 0 Å². The molecule has 1 aromatic carbocycles. The number of hydrogen-bond acceptors (Lipinski definition) is 6. The molecule has 0 saturated carbocycles. The lowest BCUT2D eigenvalue weighted by atomic mass is 9.91. The molecule has 0 bridgehead atoms. The number of nitrogens with zero attached hydrogens (tertiary/aromatic N) is 4. The number of aromatic nitrogens is 2. The van der Waals surface area contributed by atoms with Crippen molar-refractivity contribution in [3.8, 4) is 11.1 Å². The SMILES string of the molecule is CN(C)Cc1c(-c2ccncc2)ccc2c(CCC3CCN(C(=O)OC(C)(C)C)CC3)noc12. The third-order valence-electron chi connectivity index (χ3n) is 6.34. The molecule has 1 fully saturated rings. The molecular weight excluding hydrogens is 428 g/mol. The first-order valence-corrected chi connectivity index (χ1v) is 12.1. The van der Waals surface area contributed by atoms with E-state index in [4.69, 9.17) is 9.26 Å². The Morgan fingerprint density at radius 1 is 1.15 bits per heavy atom. The lowest BCUT2D eigenvalue weighted by Gasteiger charge is -2.33. The first kappa shape index (κ1) is 24.2. The van der Waals surface area contributed by atoms with E-state index in [1.165, 1.54) is 0 Å². The number of benzene rings is 1. The Kier molecular flexibility index (Phi) is 7.22. The zero-order valence-electron chi connectivity index (χ0n) is 21.0. The van der Waals surface area contributed by atoms with E-state index in [0.29, 0.717) is 5.92 Å². The summed E-state index contributed by atoms with van der Waals surface area (Å²) in [5, 5.41) is 5.57. The summed E-state index contributed by atoms with van der Waals surface area (Å²) in [6.45, 7) is 7.99. The molecule has 0 aliphatic carbocycles. The number of fused-ring (bicyclic) bond motifs is 1. The number of rotatable bonds is 6. The molecule has 0 radical (unpaired) electrons. The summed E-state index contributed by atoms with van der Waals surface area (Å²) in [7, 11) is 4.13. The van der Waals surface area contributed by atoms with Crippen molar-refractivity contribution in [2.45, 2.75) is 58.6 Å². The van der Waals surface area contributed by atoms with Gasteiger partial charge in [-0.25, -0.2) is 4.79 Å². The average Bonchev–Trinajstić information content (AvgIpc) is 3.21. The van der Waals surface area contributed by atoms with Crippen molar-refractivity contribution in [3.05, 3.63) is 47.9 Å². The van der Waals surface area contributed by atoms with Gasteiger partial charge >= 0.3 is 6.09 Å². The lowest BCUT2D eigenvalue weighted by molar-refractivity contribution is 0.0181. The molecule has 34 heavy (non-hydrogen) atoms. The minimum absolute atomic E-state index is 0.202. The molecule has 2 aromatic heterocycles. The van der Waals surface area contributed by atoms with Gasteiger partial charge in [-0.15, -0.1) is 0 Å². The number of likely N-dealkylation sites (tertiary alicyclic amines) is 1. The van der Waals surface area contributed by atoms with E-state index in [0.717, 1.165) is 78.7 Å². The topological polar surface area (TPSA) is 71.7 Å². The Labute approximate surface area is 202 Å². The summed E-state index contributed by atoms with van der Waals surface area (Å²) in [6, 6.07) is 8.38. The molecule has 3 aromatic rings. The minimum atomic E-state index is -0.454. The highest BCUT2D eigenvalue weighted by Crippen LogP contribution is 2.33. The number of carbonyl (C=O) groups is 1. The Balaban J connectivity index is 1.44. The van der Waals surface area contributed by atoms with Gasteiger partial charge in [0.25, 0.3) is 0 Å². The van der Waals surface area contributed by atoms with Gasteiger partial charge in [0.2, 0.25) is 0 Å². The number of hydrogen-bond donors (Lipinski definition) is 0. The molecule has 0 atom stereocenters. The largest absolute Gasteiger partial charge is 0.444 e. The van der Waals surface area contributed by atoms with Crippen LogP contribution < -0.4 is 0 Å². The Morgan fingerprint density at radius 2 is 1.85 bits per heavy atom. The highest BCUT2D eigenvalue weighted by atomic mass is 16.6. The van der Waals surface area contributed by atoms with E-state index in [9.17, 15) is 4.79 Å².